The van der Waals surface area contributed by atoms with Crippen molar-refractivity contribution < 1.29 is 9.53 Å². The molecular weight excluding hydrogens is 346 g/mol. The molecule has 3 nitrogen and oxygen atoms in total. The van der Waals surface area contributed by atoms with Crippen LogP contribution in [0.5, 0.6) is 5.75 Å². The lowest BCUT2D eigenvalue weighted by atomic mass is 9.94. The number of carbonyl (C=O) groups excluding carboxylic acids is 1. The molecule has 142 valence electrons. The van der Waals surface area contributed by atoms with Crippen LogP contribution in [0.15, 0.2) is 78.9 Å². The van der Waals surface area contributed by atoms with Gasteiger partial charge >= 0.3 is 0 Å². The van der Waals surface area contributed by atoms with E-state index in [2.05, 4.69) is 37.3 Å². The van der Waals surface area contributed by atoms with Crippen molar-refractivity contribution in [2.45, 2.75) is 19.8 Å². The topological polar surface area (TPSA) is 52.3 Å². The van der Waals surface area contributed by atoms with Crippen LogP contribution in [0.1, 0.15) is 25.3 Å². The molecule has 0 aliphatic heterocycles. The first-order valence-electron chi connectivity index (χ1n) is 9.57. The highest BCUT2D eigenvalue weighted by Crippen LogP contribution is 2.31. The van der Waals surface area contributed by atoms with Crippen molar-refractivity contribution in [2.24, 2.45) is 5.73 Å². The van der Waals surface area contributed by atoms with E-state index < -0.39 is 5.91 Å². The summed E-state index contributed by atoms with van der Waals surface area (Å²) in [6.07, 6.45) is 5.30. The number of hydrogen-bond acceptors (Lipinski definition) is 2. The van der Waals surface area contributed by atoms with Gasteiger partial charge in [0.2, 0.25) is 5.91 Å². The maximum atomic E-state index is 11.3. The molecule has 0 heterocycles. The molecular formula is C25H25NO2. The summed E-state index contributed by atoms with van der Waals surface area (Å²) in [5.41, 5.74) is 10.5. The normalized spacial score (nSPS) is 10.9. The Balaban J connectivity index is 2.00. The van der Waals surface area contributed by atoms with Crippen LogP contribution < -0.4 is 10.5 Å². The van der Waals surface area contributed by atoms with Gasteiger partial charge in [-0.15, -0.1) is 0 Å². The van der Waals surface area contributed by atoms with Gasteiger partial charge < -0.3 is 10.5 Å². The van der Waals surface area contributed by atoms with Crippen molar-refractivity contribution in [1.82, 2.24) is 0 Å². The fourth-order valence-electron chi connectivity index (χ4n) is 3.03. The van der Waals surface area contributed by atoms with Crippen molar-refractivity contribution in [1.29, 1.82) is 0 Å². The summed E-state index contributed by atoms with van der Waals surface area (Å²) in [5.74, 6) is 0.385. The van der Waals surface area contributed by atoms with Crippen molar-refractivity contribution in [3.8, 4) is 28.0 Å². The number of carbonyl (C=O) groups is 1. The lowest BCUT2D eigenvalue weighted by molar-refractivity contribution is -0.113. The zero-order valence-corrected chi connectivity index (χ0v) is 16.1. The van der Waals surface area contributed by atoms with Gasteiger partial charge in [-0.2, -0.15) is 0 Å². The van der Waals surface area contributed by atoms with Crippen molar-refractivity contribution in [3.63, 3.8) is 0 Å². The maximum Gasteiger partial charge on any atom is 0.241 e. The summed E-state index contributed by atoms with van der Waals surface area (Å²) < 4.78 is 5.85. The van der Waals surface area contributed by atoms with Crippen LogP contribution in [0.4, 0.5) is 0 Å². The van der Waals surface area contributed by atoms with Gasteiger partial charge in [-0.05, 0) is 58.5 Å². The Kier molecular flexibility index (Phi) is 6.64. The average Bonchev–Trinajstić information content (AvgIpc) is 2.73. The Morgan fingerprint density at radius 3 is 2.46 bits per heavy atom. The molecule has 1 amide bonds. The molecule has 3 heteroatoms. The Morgan fingerprint density at radius 2 is 1.71 bits per heavy atom. The van der Waals surface area contributed by atoms with Crippen LogP contribution in [0, 0.1) is 0 Å². The van der Waals surface area contributed by atoms with Gasteiger partial charge in [-0.25, -0.2) is 0 Å². The van der Waals surface area contributed by atoms with Gasteiger partial charge in [0.15, 0.2) is 0 Å². The molecule has 3 aromatic rings. The predicted octanol–water partition coefficient (Wildman–Crippen LogP) is 5.70. The van der Waals surface area contributed by atoms with Crippen LogP contribution >= 0.6 is 0 Å². The van der Waals surface area contributed by atoms with Gasteiger partial charge in [0.25, 0.3) is 0 Å². The number of benzene rings is 3. The van der Waals surface area contributed by atoms with Gasteiger partial charge in [0, 0.05) is 6.08 Å². The van der Waals surface area contributed by atoms with E-state index in [0.29, 0.717) is 6.61 Å². The fraction of sp³-hybridized carbons (Fsp3) is 0.160. The Bertz CT molecular complexity index is 961. The Hall–Kier alpha value is -3.33. The summed E-state index contributed by atoms with van der Waals surface area (Å²) in [6.45, 7) is 2.85. The summed E-state index contributed by atoms with van der Waals surface area (Å²) in [4.78, 5) is 11.3. The van der Waals surface area contributed by atoms with Gasteiger partial charge in [-0.1, -0.05) is 67.9 Å². The lowest BCUT2D eigenvalue weighted by Gasteiger charge is -2.12. The lowest BCUT2D eigenvalue weighted by Crippen LogP contribution is -2.05. The summed E-state index contributed by atoms with van der Waals surface area (Å²) in [5, 5.41) is 0. The second-order valence-corrected chi connectivity index (χ2v) is 6.63. The zero-order valence-electron chi connectivity index (χ0n) is 16.1. The number of ether oxygens (including phenoxy) is 1. The predicted molar refractivity (Wildman–Crippen MR) is 116 cm³/mol. The van der Waals surface area contributed by atoms with E-state index in [-0.39, 0.29) is 0 Å². The number of amides is 1. The number of unbranched alkanes of at least 4 members (excludes halogenated alkanes) is 1. The molecule has 0 atom stereocenters. The van der Waals surface area contributed by atoms with Crippen LogP contribution in [0.25, 0.3) is 28.3 Å². The van der Waals surface area contributed by atoms with E-state index in [1.165, 1.54) is 6.08 Å². The Morgan fingerprint density at radius 1 is 0.929 bits per heavy atom. The van der Waals surface area contributed by atoms with E-state index in [1.807, 2.05) is 42.5 Å². The highest BCUT2D eigenvalue weighted by molar-refractivity contribution is 5.92. The van der Waals surface area contributed by atoms with Crippen molar-refractivity contribution in [2.75, 3.05) is 6.61 Å². The maximum absolute atomic E-state index is 11.3. The van der Waals surface area contributed by atoms with Gasteiger partial charge in [0.05, 0.1) is 6.61 Å². The number of primary amides is 1. The average molecular weight is 371 g/mol. The monoisotopic (exact) mass is 371 g/mol. The molecule has 0 aliphatic rings. The molecule has 0 aliphatic carbocycles. The third kappa shape index (κ3) is 5.10. The third-order valence-corrected chi connectivity index (χ3v) is 4.50. The quantitative estimate of drug-likeness (QED) is 0.408. The first kappa shape index (κ1) is 19.4. The van der Waals surface area contributed by atoms with Gasteiger partial charge in [0.1, 0.15) is 5.75 Å². The zero-order chi connectivity index (χ0) is 19.8. The summed E-state index contributed by atoms with van der Waals surface area (Å²) in [6, 6.07) is 24.5. The molecule has 3 rings (SSSR count). The molecule has 0 saturated carbocycles. The molecule has 2 N–H and O–H groups in total. The van der Waals surface area contributed by atoms with E-state index in [9.17, 15) is 4.79 Å². The van der Waals surface area contributed by atoms with E-state index in [0.717, 1.165) is 46.4 Å². The van der Waals surface area contributed by atoms with Crippen LogP contribution in [0.2, 0.25) is 0 Å². The molecule has 0 spiro atoms. The van der Waals surface area contributed by atoms with E-state index in [4.69, 9.17) is 10.5 Å². The second-order valence-electron chi connectivity index (χ2n) is 6.63. The van der Waals surface area contributed by atoms with Crippen molar-refractivity contribution in [3.05, 3.63) is 84.4 Å². The molecule has 0 aromatic heterocycles. The third-order valence-electron chi connectivity index (χ3n) is 4.50. The smallest absolute Gasteiger partial charge is 0.241 e. The minimum atomic E-state index is -0.465. The largest absolute Gasteiger partial charge is 0.494 e. The van der Waals surface area contributed by atoms with Crippen LogP contribution in [-0.4, -0.2) is 12.5 Å². The molecule has 0 radical (unpaired) electrons. The number of hydrogen-bond donors (Lipinski definition) is 1. The molecule has 0 saturated heterocycles. The molecule has 0 unspecified atom stereocenters. The molecule has 0 fully saturated rings. The first-order chi connectivity index (χ1) is 13.7. The fourth-order valence-corrected chi connectivity index (χ4v) is 3.03. The van der Waals surface area contributed by atoms with Crippen LogP contribution in [-0.2, 0) is 4.79 Å². The highest BCUT2D eigenvalue weighted by Gasteiger charge is 2.08. The summed E-state index contributed by atoms with van der Waals surface area (Å²) in [7, 11) is 0. The SMILES string of the molecule is CCCCOc1cccc(-c2ccc(-c3ccccc3)cc2/C=C/C(N)=O)c1. The first-order valence-corrected chi connectivity index (χ1v) is 9.57. The highest BCUT2D eigenvalue weighted by atomic mass is 16.5. The van der Waals surface area contributed by atoms with Crippen molar-refractivity contribution >= 4 is 12.0 Å². The molecule has 3 aromatic carbocycles. The summed E-state index contributed by atoms with van der Waals surface area (Å²) >= 11 is 0. The number of nitrogens with two attached hydrogens (primary N) is 1. The van der Waals surface area contributed by atoms with Crippen LogP contribution in [0.3, 0.4) is 0 Å². The standard InChI is InChI=1S/C25H25NO2/c1-2-3-16-28-23-11-7-10-21(18-23)24-14-12-20(19-8-5-4-6-9-19)17-22(24)13-15-25(26)27/h4-15,17-18H,2-3,16H2,1H3,(H2,26,27)/b15-13+. The molecule has 28 heavy (non-hydrogen) atoms. The van der Waals surface area contributed by atoms with E-state index >= 15 is 0 Å². The molecule has 0 bridgehead atoms. The minimum absolute atomic E-state index is 0.465. The Labute approximate surface area is 166 Å². The second kappa shape index (κ2) is 9.56. The number of rotatable bonds is 8. The van der Waals surface area contributed by atoms with Gasteiger partial charge in [-0.3, -0.25) is 4.79 Å². The minimum Gasteiger partial charge on any atom is -0.494 e. The van der Waals surface area contributed by atoms with E-state index in [1.54, 1.807) is 6.08 Å².